The zero-order valence-corrected chi connectivity index (χ0v) is 10.9. The van der Waals surface area contributed by atoms with E-state index in [1.807, 2.05) is 0 Å². The van der Waals surface area contributed by atoms with E-state index in [1.165, 1.54) is 0 Å². The Labute approximate surface area is 103 Å². The highest BCUT2D eigenvalue weighted by atomic mass is 16.6. The summed E-state index contributed by atoms with van der Waals surface area (Å²) < 4.78 is 9.31. The summed E-state index contributed by atoms with van der Waals surface area (Å²) in [4.78, 5) is 22.0. The zero-order valence-electron chi connectivity index (χ0n) is 10.9. The van der Waals surface area contributed by atoms with Crippen LogP contribution in [0.4, 0.5) is 0 Å². The molecule has 0 aliphatic carbocycles. The molecule has 0 aromatic rings. The third-order valence-electron chi connectivity index (χ3n) is 2.23. The molecule has 0 aromatic carbocycles. The molecule has 0 amide bonds. The Morgan fingerprint density at radius 3 is 2.35 bits per heavy atom. The van der Waals surface area contributed by atoms with Crippen LogP contribution in [-0.4, -0.2) is 25.2 Å². The molecule has 0 saturated heterocycles. The smallest absolute Gasteiger partial charge is 0.417 e. The number of hydrogen-bond donors (Lipinski definition) is 0. The molecule has 1 unspecified atom stereocenters. The summed E-state index contributed by atoms with van der Waals surface area (Å²) in [5, 5.41) is 0. The van der Waals surface area contributed by atoms with E-state index in [2.05, 4.69) is 30.7 Å². The third kappa shape index (κ3) is 8.48. The standard InChI is InChI=1S/C13H22O4/c1-4-6-7-8-11(3)9-10-17-13(15)12(14)16-5-2/h6-7,11H,4-5,8-10H2,1-3H3. The molecule has 0 bridgehead atoms. The Balaban J connectivity index is 3.65. The van der Waals surface area contributed by atoms with E-state index < -0.39 is 11.9 Å². The normalized spacial score (nSPS) is 12.4. The largest absolute Gasteiger partial charge is 0.458 e. The van der Waals surface area contributed by atoms with Gasteiger partial charge in [0.1, 0.15) is 0 Å². The van der Waals surface area contributed by atoms with Gasteiger partial charge < -0.3 is 9.47 Å². The highest BCUT2D eigenvalue weighted by molar-refractivity contribution is 6.29. The minimum Gasteiger partial charge on any atom is -0.458 e. The number of hydrogen-bond acceptors (Lipinski definition) is 4. The first-order valence-electron chi connectivity index (χ1n) is 6.10. The number of carbonyl (C=O) groups is 2. The molecule has 1 atom stereocenters. The lowest BCUT2D eigenvalue weighted by molar-refractivity contribution is -0.167. The maximum Gasteiger partial charge on any atom is 0.417 e. The van der Waals surface area contributed by atoms with Gasteiger partial charge in [-0.1, -0.05) is 26.0 Å². The molecule has 0 aliphatic rings. The van der Waals surface area contributed by atoms with Gasteiger partial charge in [0, 0.05) is 0 Å². The van der Waals surface area contributed by atoms with Gasteiger partial charge in [0.2, 0.25) is 0 Å². The van der Waals surface area contributed by atoms with Crippen molar-refractivity contribution in [3.05, 3.63) is 12.2 Å². The van der Waals surface area contributed by atoms with Crippen LogP contribution in [0, 0.1) is 5.92 Å². The number of ether oxygens (including phenoxy) is 2. The van der Waals surface area contributed by atoms with Gasteiger partial charge in [-0.3, -0.25) is 0 Å². The molecule has 0 radical (unpaired) electrons. The first-order chi connectivity index (χ1) is 8.11. The molecule has 0 saturated carbocycles. The Morgan fingerprint density at radius 1 is 1.12 bits per heavy atom. The van der Waals surface area contributed by atoms with Crippen LogP contribution >= 0.6 is 0 Å². The van der Waals surface area contributed by atoms with Crippen LogP contribution in [0.5, 0.6) is 0 Å². The summed E-state index contributed by atoms with van der Waals surface area (Å²) in [7, 11) is 0. The van der Waals surface area contributed by atoms with Gasteiger partial charge in [-0.25, -0.2) is 9.59 Å². The maximum atomic E-state index is 11.1. The lowest BCUT2D eigenvalue weighted by atomic mass is 10.0. The van der Waals surface area contributed by atoms with Crippen LogP contribution in [-0.2, 0) is 19.1 Å². The maximum absolute atomic E-state index is 11.1. The van der Waals surface area contributed by atoms with Crippen LogP contribution in [0.2, 0.25) is 0 Å². The Bertz CT molecular complexity index is 258. The first-order valence-corrected chi connectivity index (χ1v) is 6.10. The van der Waals surface area contributed by atoms with Crippen LogP contribution in [0.1, 0.15) is 40.0 Å². The highest BCUT2D eigenvalue weighted by Crippen LogP contribution is 2.08. The van der Waals surface area contributed by atoms with E-state index in [1.54, 1.807) is 6.92 Å². The molecular formula is C13H22O4. The van der Waals surface area contributed by atoms with Crippen molar-refractivity contribution in [3.63, 3.8) is 0 Å². The molecule has 98 valence electrons. The first kappa shape index (κ1) is 15.7. The van der Waals surface area contributed by atoms with Gasteiger partial charge in [0.25, 0.3) is 0 Å². The monoisotopic (exact) mass is 242 g/mol. The van der Waals surface area contributed by atoms with Gasteiger partial charge in [-0.05, 0) is 32.1 Å². The van der Waals surface area contributed by atoms with E-state index in [0.717, 1.165) is 19.3 Å². The van der Waals surface area contributed by atoms with Crippen LogP contribution < -0.4 is 0 Å². The van der Waals surface area contributed by atoms with Gasteiger partial charge in [0.15, 0.2) is 0 Å². The molecule has 0 fully saturated rings. The summed E-state index contributed by atoms with van der Waals surface area (Å²) in [6, 6.07) is 0. The van der Waals surface area contributed by atoms with Crippen molar-refractivity contribution >= 4 is 11.9 Å². The van der Waals surface area contributed by atoms with Crippen LogP contribution in [0.25, 0.3) is 0 Å². The SMILES string of the molecule is CCC=CCC(C)CCOC(=O)C(=O)OCC. The number of carbonyl (C=O) groups excluding carboxylic acids is 2. The summed E-state index contributed by atoms with van der Waals surface area (Å²) in [6.45, 7) is 6.26. The molecule has 4 nitrogen and oxygen atoms in total. The van der Waals surface area contributed by atoms with Crippen molar-refractivity contribution in [2.75, 3.05) is 13.2 Å². The second-order valence-electron chi connectivity index (χ2n) is 3.87. The highest BCUT2D eigenvalue weighted by Gasteiger charge is 2.16. The average molecular weight is 242 g/mol. The molecule has 4 heteroatoms. The van der Waals surface area contributed by atoms with Crippen molar-refractivity contribution in [2.24, 2.45) is 5.92 Å². The van der Waals surface area contributed by atoms with E-state index in [4.69, 9.17) is 4.74 Å². The molecule has 0 aliphatic heterocycles. The summed E-state index contributed by atoms with van der Waals surface area (Å²) >= 11 is 0. The number of rotatable bonds is 7. The lowest BCUT2D eigenvalue weighted by Gasteiger charge is -2.08. The van der Waals surface area contributed by atoms with Crippen molar-refractivity contribution in [1.82, 2.24) is 0 Å². The molecular weight excluding hydrogens is 220 g/mol. The zero-order chi connectivity index (χ0) is 13.1. The van der Waals surface area contributed by atoms with Crippen molar-refractivity contribution in [1.29, 1.82) is 0 Å². The Morgan fingerprint density at radius 2 is 1.76 bits per heavy atom. The summed E-state index contributed by atoms with van der Waals surface area (Å²) in [6.07, 6.45) is 6.98. The third-order valence-corrected chi connectivity index (χ3v) is 2.23. The van der Waals surface area contributed by atoms with E-state index in [-0.39, 0.29) is 13.2 Å². The fourth-order valence-corrected chi connectivity index (χ4v) is 1.21. The van der Waals surface area contributed by atoms with E-state index in [0.29, 0.717) is 5.92 Å². The fraction of sp³-hybridized carbons (Fsp3) is 0.692. The molecule has 0 N–H and O–H groups in total. The minimum atomic E-state index is -0.911. The number of esters is 2. The molecule has 17 heavy (non-hydrogen) atoms. The number of allylic oxidation sites excluding steroid dienone is 2. The van der Waals surface area contributed by atoms with Gasteiger partial charge in [-0.15, -0.1) is 0 Å². The predicted molar refractivity (Wildman–Crippen MR) is 65.4 cm³/mol. The Kier molecular flexibility index (Phi) is 9.11. The topological polar surface area (TPSA) is 52.6 Å². The lowest BCUT2D eigenvalue weighted by Crippen LogP contribution is -2.21. The van der Waals surface area contributed by atoms with E-state index >= 15 is 0 Å². The van der Waals surface area contributed by atoms with E-state index in [9.17, 15) is 9.59 Å². The predicted octanol–water partition coefficient (Wildman–Crippen LogP) is 2.48. The van der Waals surface area contributed by atoms with Crippen molar-refractivity contribution in [3.8, 4) is 0 Å². The Hall–Kier alpha value is -1.32. The fourth-order valence-electron chi connectivity index (χ4n) is 1.21. The second kappa shape index (κ2) is 9.87. The molecule has 0 heterocycles. The van der Waals surface area contributed by atoms with Crippen molar-refractivity contribution < 1.29 is 19.1 Å². The molecule has 0 spiro atoms. The van der Waals surface area contributed by atoms with Crippen LogP contribution in [0.3, 0.4) is 0 Å². The molecule has 0 aromatic heterocycles. The summed E-state index contributed by atoms with van der Waals surface area (Å²) in [5.41, 5.74) is 0. The van der Waals surface area contributed by atoms with Gasteiger partial charge in [0.05, 0.1) is 13.2 Å². The van der Waals surface area contributed by atoms with Gasteiger partial charge in [-0.2, -0.15) is 0 Å². The van der Waals surface area contributed by atoms with Crippen molar-refractivity contribution in [2.45, 2.75) is 40.0 Å². The average Bonchev–Trinajstić information content (AvgIpc) is 2.29. The summed E-state index contributed by atoms with van der Waals surface area (Å²) in [5.74, 6) is -1.37. The van der Waals surface area contributed by atoms with Crippen LogP contribution in [0.15, 0.2) is 12.2 Å². The molecule has 0 rings (SSSR count). The minimum absolute atomic E-state index is 0.187. The quantitative estimate of drug-likeness (QED) is 0.391. The second-order valence-corrected chi connectivity index (χ2v) is 3.87. The van der Waals surface area contributed by atoms with Gasteiger partial charge >= 0.3 is 11.9 Å².